The molecule has 10 aromatic heterocycles. The molecule has 0 saturated carbocycles. The third-order valence-electron chi connectivity index (χ3n) is 22.0. The highest BCUT2D eigenvalue weighted by Gasteiger charge is 2.38. The van der Waals surface area contributed by atoms with Crippen LogP contribution in [0.1, 0.15) is 135 Å². The van der Waals surface area contributed by atoms with Crippen LogP contribution in [0.25, 0.3) is 68.3 Å². The zero-order chi connectivity index (χ0) is 88.8. The van der Waals surface area contributed by atoms with Crippen LogP contribution >= 0.6 is 0 Å². The molecule has 4 amide bonds. The number of para-hydroxylation sites is 1. The predicted octanol–water partition coefficient (Wildman–Crippen LogP) is 15.7. The van der Waals surface area contributed by atoms with Crippen LogP contribution in [-0.4, -0.2) is 136 Å². The van der Waals surface area contributed by atoms with Gasteiger partial charge in [0.05, 0.1) is 134 Å². The number of anilines is 4. The van der Waals surface area contributed by atoms with Crippen LogP contribution in [0.2, 0.25) is 0 Å². The summed E-state index contributed by atoms with van der Waals surface area (Å²) in [5, 5.41) is 25.0. The van der Waals surface area contributed by atoms with Crippen molar-refractivity contribution < 1.29 is 37.4 Å². The van der Waals surface area contributed by atoms with Gasteiger partial charge in [-0.05, 0) is 171 Å². The molecule has 0 spiro atoms. The molecule has 0 aliphatic carbocycles. The second-order valence-electron chi connectivity index (χ2n) is 31.6. The molecule has 6 aromatic carbocycles. The van der Waals surface area contributed by atoms with Crippen LogP contribution in [0.3, 0.4) is 0 Å². The maximum Gasteiger partial charge on any atom is 0.233 e. The normalized spacial score (nSPS) is 13.5. The highest BCUT2D eigenvalue weighted by atomic mass is 19.1. The maximum absolute atomic E-state index is 14.1. The van der Waals surface area contributed by atoms with E-state index < -0.39 is 11.6 Å². The molecule has 32 heteroatoms. The van der Waals surface area contributed by atoms with Crippen molar-refractivity contribution in [2.24, 2.45) is 0 Å². The summed E-state index contributed by atoms with van der Waals surface area (Å²) in [4.78, 5) is 107. The second-order valence-corrected chi connectivity index (χ2v) is 31.6. The quantitative estimate of drug-likeness (QED) is 0.0645. The fraction of sp³-hybridized carbons (Fsp3) is 0.208. The van der Waals surface area contributed by atoms with Gasteiger partial charge in [0.15, 0.2) is 34.9 Å². The molecule has 0 saturated heterocycles. The molecule has 640 valence electrons. The highest BCUT2D eigenvalue weighted by molar-refractivity contribution is 6.03. The van der Waals surface area contributed by atoms with E-state index in [-0.39, 0.29) is 72.2 Å². The number of pyridine rings is 2. The number of hydrogen-bond acceptors (Lipinski definition) is 22. The van der Waals surface area contributed by atoms with Crippen LogP contribution < -0.4 is 29.1 Å². The van der Waals surface area contributed by atoms with E-state index in [1.54, 1.807) is 112 Å². The van der Waals surface area contributed by atoms with Crippen molar-refractivity contribution >= 4 is 46.9 Å². The number of hydrogen-bond donors (Lipinski definition) is 0. The maximum atomic E-state index is 14.1. The molecular weight excluding hydrogens is 1620 g/mol. The van der Waals surface area contributed by atoms with Crippen LogP contribution in [-0.2, 0) is 58.0 Å². The van der Waals surface area contributed by atoms with Gasteiger partial charge in [0.25, 0.3) is 0 Å². The summed E-state index contributed by atoms with van der Waals surface area (Å²) in [6, 6.07) is 51.5. The zero-order valence-corrected chi connectivity index (χ0v) is 71.3. The number of carbonyl (C=O) groups excluding carboxylic acids is 4. The molecule has 30 nitrogen and oxygen atoms in total. The first-order valence-electron chi connectivity index (χ1n) is 41.7. The fourth-order valence-electron chi connectivity index (χ4n) is 15.6. The molecule has 0 N–H and O–H groups in total. The van der Waals surface area contributed by atoms with Crippen molar-refractivity contribution in [1.29, 1.82) is 0 Å². The Morgan fingerprint density at radius 3 is 1.17 bits per heavy atom. The molecular formula is C96H86F2N24O6. The van der Waals surface area contributed by atoms with Crippen LogP contribution in [0.5, 0.6) is 11.5 Å². The van der Waals surface area contributed by atoms with Crippen molar-refractivity contribution in [3.05, 3.63) is 324 Å². The fourth-order valence-corrected chi connectivity index (χ4v) is 15.6. The van der Waals surface area contributed by atoms with Crippen molar-refractivity contribution in [2.75, 3.05) is 26.7 Å². The van der Waals surface area contributed by atoms with Gasteiger partial charge in [-0.1, -0.05) is 82.3 Å². The van der Waals surface area contributed by atoms with E-state index in [2.05, 4.69) is 98.2 Å². The minimum absolute atomic E-state index is 0.0328. The van der Waals surface area contributed by atoms with E-state index in [9.17, 15) is 28.0 Å². The summed E-state index contributed by atoms with van der Waals surface area (Å²) in [5.74, 6) is 4.30. The predicted molar refractivity (Wildman–Crippen MR) is 475 cm³/mol. The zero-order valence-electron chi connectivity index (χ0n) is 71.3. The van der Waals surface area contributed by atoms with Crippen molar-refractivity contribution in [2.45, 2.75) is 124 Å². The minimum Gasteiger partial charge on any atom is -0.493 e. The van der Waals surface area contributed by atoms with Gasteiger partial charge in [-0.2, -0.15) is 40.2 Å². The van der Waals surface area contributed by atoms with Gasteiger partial charge in [-0.15, -0.1) is 0 Å². The molecule has 128 heavy (non-hydrogen) atoms. The number of nitrogens with zero attached hydrogens (tertiary/aromatic N) is 24. The Labute approximate surface area is 734 Å². The third kappa shape index (κ3) is 17.8. The second kappa shape index (κ2) is 36.8. The Morgan fingerprint density at radius 1 is 0.375 bits per heavy atom. The molecule has 0 unspecified atom stereocenters. The minimum atomic E-state index is -0.496. The van der Waals surface area contributed by atoms with Gasteiger partial charge in [-0.25, -0.2) is 58.0 Å². The van der Waals surface area contributed by atoms with E-state index in [1.165, 1.54) is 34.9 Å². The number of halogens is 2. The smallest absolute Gasteiger partial charge is 0.233 e. The lowest BCUT2D eigenvalue weighted by Gasteiger charge is -2.25. The molecule has 20 rings (SSSR count). The molecule has 0 radical (unpaired) electrons. The number of carbonyl (C=O) groups is 4. The average Bonchev–Trinajstić information content (AvgIpc) is 1.58. The Balaban J connectivity index is 0.000000120. The first kappa shape index (κ1) is 84.2. The van der Waals surface area contributed by atoms with E-state index in [1.807, 2.05) is 183 Å². The number of amides is 4. The van der Waals surface area contributed by atoms with Gasteiger partial charge in [0, 0.05) is 101 Å². The summed E-state index contributed by atoms with van der Waals surface area (Å²) < 4.78 is 42.5. The van der Waals surface area contributed by atoms with Gasteiger partial charge in [0.2, 0.25) is 23.6 Å². The van der Waals surface area contributed by atoms with E-state index >= 15 is 0 Å². The Hall–Kier alpha value is -16.0. The van der Waals surface area contributed by atoms with Crippen LogP contribution in [0, 0.1) is 11.6 Å². The summed E-state index contributed by atoms with van der Waals surface area (Å²) in [5.41, 5.74) is 15.5. The van der Waals surface area contributed by atoms with Gasteiger partial charge in [-0.3, -0.25) is 48.7 Å². The highest BCUT2D eigenvalue weighted by Crippen LogP contribution is 2.42. The van der Waals surface area contributed by atoms with Gasteiger partial charge < -0.3 is 9.47 Å². The standard InChI is InChI=1S/2C25H24N6O.C24H21FN6O2.C22H17FN6O2/c2*1-16(2)23-21(6-4-11-26-23)24-27-15-19-14-22(32)31(25(19)29-24)17(3)18-7-9-20(10-8-18)30-13-5-12-28-30;1-15(2)33-21-12-18(25)5-8-20(21)23-26-13-17-11-22(32)30(24(17)29-23)14-16-3-6-19(7-4-16)31-27-9-10-28-31;1-31-20-17(3-2-4-18(20)23)21-24-12-15-11-19(30)28(22(15)27-21)13-14-5-7-16(8-6-14)29-25-9-10-26-29/h2*4-13,15-17H,14H2,1-3H3;3-10,12-13,15H,11,14H2,1-2H3;2-10,12H,11,13H2,1H3/t2*17-;;/m10../s1. The molecule has 4 aliphatic heterocycles. The van der Waals surface area contributed by atoms with Crippen LogP contribution in [0.4, 0.5) is 32.1 Å². The monoisotopic (exact) mass is 1710 g/mol. The number of ether oxygens (including phenoxy) is 2. The Morgan fingerprint density at radius 2 is 0.766 bits per heavy atom. The Bertz CT molecular complexity index is 6500. The van der Waals surface area contributed by atoms with Crippen LogP contribution in [0.15, 0.2) is 257 Å². The number of methoxy groups -OCH3 is 1. The van der Waals surface area contributed by atoms with E-state index in [0.29, 0.717) is 89.4 Å². The van der Waals surface area contributed by atoms with Crippen molar-refractivity contribution in [3.63, 3.8) is 0 Å². The van der Waals surface area contributed by atoms with Crippen molar-refractivity contribution in [3.8, 4) is 79.8 Å². The largest absolute Gasteiger partial charge is 0.493 e. The molecule has 0 fully saturated rings. The average molecular weight is 1710 g/mol. The summed E-state index contributed by atoms with van der Waals surface area (Å²) in [6.07, 6.45) is 25.1. The number of fused-ring (bicyclic) bond motifs is 4. The molecule has 14 heterocycles. The lowest BCUT2D eigenvalue weighted by atomic mass is 10.0. The third-order valence-corrected chi connectivity index (χ3v) is 22.0. The van der Waals surface area contributed by atoms with E-state index in [4.69, 9.17) is 19.4 Å². The summed E-state index contributed by atoms with van der Waals surface area (Å²) in [6.45, 7) is 16.9. The topological polar surface area (TPSA) is 326 Å². The van der Waals surface area contributed by atoms with E-state index in [0.717, 1.165) is 89.8 Å². The SMILES string of the molecule is CC(C)Oc1cc(F)ccc1-c1ncc2c(n1)N(Cc1ccc(-n3nccn3)cc1)C(=O)C2.CC(C)c1ncccc1-c1ncc2c(n1)N([C@@H](C)c1ccc(-n3cccn3)cc1)C(=O)C2.CC(C)c1ncccc1-c1ncc2c(n1)N([C@H](C)c1ccc(-n3cccn3)cc1)C(=O)C2.COc1c(F)cccc1-c1ncc2c(n1)N(Cc1ccc(-n3nccn3)cc1)C(=O)C2. The van der Waals surface area contributed by atoms with Gasteiger partial charge in [0.1, 0.15) is 34.8 Å². The molecule has 0 bridgehead atoms. The first-order valence-corrected chi connectivity index (χ1v) is 41.7. The van der Waals surface area contributed by atoms with Crippen molar-refractivity contribution in [1.82, 2.24) is 99.4 Å². The number of rotatable bonds is 21. The Kier molecular flexibility index (Phi) is 24.2. The molecule has 4 aliphatic rings. The molecule has 2 atom stereocenters. The molecule has 16 aromatic rings. The number of benzene rings is 6. The number of aromatic nitrogens is 20. The first-order chi connectivity index (χ1) is 62.2. The summed E-state index contributed by atoms with van der Waals surface area (Å²) in [7, 11) is 1.40. The lowest BCUT2D eigenvalue weighted by Crippen LogP contribution is -2.30. The lowest BCUT2D eigenvalue weighted by molar-refractivity contribution is -0.118. The van der Waals surface area contributed by atoms with Gasteiger partial charge >= 0.3 is 0 Å². The summed E-state index contributed by atoms with van der Waals surface area (Å²) >= 11 is 0.